The molecular weight excluding hydrogens is 469 g/mol. The number of aliphatic hydroxyl groups excluding tert-OH is 1. The van der Waals surface area contributed by atoms with Crippen molar-refractivity contribution in [1.82, 2.24) is 14.8 Å². The number of alkyl halides is 3. The maximum absolute atomic E-state index is 12.5. The smallest absolute Gasteiger partial charge is 0.295 e. The number of nitrogens with zero attached hydrogens (tertiary/aromatic N) is 3. The number of carbonyl (C=O) groups excluding carboxylic acids is 1. The first kappa shape index (κ1) is 21.2. The lowest BCUT2D eigenvalue weighted by atomic mass is 10.2. The van der Waals surface area contributed by atoms with Crippen LogP contribution in [0.4, 0.5) is 5.69 Å². The van der Waals surface area contributed by atoms with Gasteiger partial charge in [0.25, 0.3) is 5.91 Å². The molecule has 1 aromatic heterocycles. The predicted octanol–water partition coefficient (Wildman–Crippen LogP) is 5.15. The summed E-state index contributed by atoms with van der Waals surface area (Å²) in [5, 5.41) is 16.5. The van der Waals surface area contributed by atoms with Crippen molar-refractivity contribution >= 4 is 69.6 Å². The topological polar surface area (TPSA) is 80.0 Å². The maximum atomic E-state index is 12.5. The second-order valence-electron chi connectivity index (χ2n) is 5.58. The standard InChI is InChI=1S/C17H11Cl5N4O2/c18-12-6-5-11(7-13(12)19)26-16(17(20,21)22)24-14(25-26)15(28)23-10-3-1-9(8-27)2-4-10/h1-7,27H,8H2,(H,23,28). The van der Waals surface area contributed by atoms with E-state index >= 15 is 0 Å². The van der Waals surface area contributed by atoms with E-state index < -0.39 is 9.70 Å². The molecule has 6 nitrogen and oxygen atoms in total. The Morgan fingerprint density at radius 2 is 1.75 bits per heavy atom. The molecule has 3 rings (SSSR count). The van der Waals surface area contributed by atoms with Crippen molar-refractivity contribution in [1.29, 1.82) is 0 Å². The van der Waals surface area contributed by atoms with Gasteiger partial charge in [0.05, 0.1) is 22.3 Å². The first-order valence-electron chi connectivity index (χ1n) is 7.70. The predicted molar refractivity (Wildman–Crippen MR) is 111 cm³/mol. The Labute approximate surface area is 184 Å². The highest BCUT2D eigenvalue weighted by Crippen LogP contribution is 2.38. The van der Waals surface area contributed by atoms with E-state index in [0.29, 0.717) is 22.0 Å². The first-order chi connectivity index (χ1) is 13.2. The summed E-state index contributed by atoms with van der Waals surface area (Å²) in [6.45, 7) is -0.101. The third kappa shape index (κ3) is 4.71. The molecule has 0 aliphatic carbocycles. The van der Waals surface area contributed by atoms with Gasteiger partial charge in [-0.25, -0.2) is 9.67 Å². The summed E-state index contributed by atoms with van der Waals surface area (Å²) in [6.07, 6.45) is 0. The summed E-state index contributed by atoms with van der Waals surface area (Å²) in [5.74, 6) is -0.902. The average molecular weight is 481 g/mol. The maximum Gasteiger partial charge on any atom is 0.295 e. The van der Waals surface area contributed by atoms with Crippen molar-refractivity contribution in [3.63, 3.8) is 0 Å². The second-order valence-corrected chi connectivity index (χ2v) is 8.67. The normalized spacial score (nSPS) is 11.5. The minimum Gasteiger partial charge on any atom is -0.392 e. The van der Waals surface area contributed by atoms with Gasteiger partial charge in [0, 0.05) is 5.69 Å². The minimum atomic E-state index is -1.94. The van der Waals surface area contributed by atoms with Gasteiger partial charge in [-0.3, -0.25) is 4.79 Å². The molecule has 0 saturated carbocycles. The van der Waals surface area contributed by atoms with Gasteiger partial charge in [-0.2, -0.15) is 0 Å². The monoisotopic (exact) mass is 478 g/mol. The average Bonchev–Trinajstić information content (AvgIpc) is 3.11. The van der Waals surface area contributed by atoms with Gasteiger partial charge in [-0.15, -0.1) is 5.10 Å². The SMILES string of the molecule is O=C(Nc1ccc(CO)cc1)c1nc(C(Cl)(Cl)Cl)n(-c2ccc(Cl)c(Cl)c2)n1. The summed E-state index contributed by atoms with van der Waals surface area (Å²) in [5.41, 5.74) is 1.61. The van der Waals surface area contributed by atoms with Crippen molar-refractivity contribution in [2.45, 2.75) is 10.4 Å². The van der Waals surface area contributed by atoms with Crippen molar-refractivity contribution < 1.29 is 9.90 Å². The number of carbonyl (C=O) groups is 1. The first-order valence-corrected chi connectivity index (χ1v) is 9.59. The molecule has 1 heterocycles. The number of anilines is 1. The lowest BCUT2D eigenvalue weighted by Crippen LogP contribution is -2.14. The number of hydrogen-bond donors (Lipinski definition) is 2. The van der Waals surface area contributed by atoms with E-state index in [1.54, 1.807) is 36.4 Å². The second kappa shape index (κ2) is 8.45. The summed E-state index contributed by atoms with van der Waals surface area (Å²) in [6, 6.07) is 11.3. The highest BCUT2D eigenvalue weighted by Gasteiger charge is 2.33. The zero-order chi connectivity index (χ0) is 20.5. The Morgan fingerprint density at radius 1 is 1.07 bits per heavy atom. The molecule has 28 heavy (non-hydrogen) atoms. The van der Waals surface area contributed by atoms with Gasteiger partial charge in [0.2, 0.25) is 9.62 Å². The van der Waals surface area contributed by atoms with E-state index in [0.717, 1.165) is 0 Å². The van der Waals surface area contributed by atoms with Crippen LogP contribution in [0.3, 0.4) is 0 Å². The van der Waals surface area contributed by atoms with E-state index in [9.17, 15) is 4.79 Å². The quantitative estimate of drug-likeness (QED) is 0.507. The van der Waals surface area contributed by atoms with Gasteiger partial charge in [0.15, 0.2) is 5.82 Å². The molecule has 2 N–H and O–H groups in total. The Morgan fingerprint density at radius 3 is 2.32 bits per heavy atom. The fourth-order valence-electron chi connectivity index (χ4n) is 2.27. The van der Waals surface area contributed by atoms with Crippen LogP contribution in [0, 0.1) is 0 Å². The minimum absolute atomic E-state index is 0.0864. The number of nitrogens with one attached hydrogen (secondary N) is 1. The molecule has 0 bridgehead atoms. The molecule has 0 unspecified atom stereocenters. The highest BCUT2D eigenvalue weighted by molar-refractivity contribution is 6.66. The molecule has 3 aromatic rings. The summed E-state index contributed by atoms with van der Waals surface area (Å²) >= 11 is 29.9. The third-order valence-electron chi connectivity index (χ3n) is 3.61. The van der Waals surface area contributed by atoms with Gasteiger partial charge in [-0.05, 0) is 35.9 Å². The van der Waals surface area contributed by atoms with Crippen LogP contribution >= 0.6 is 58.0 Å². The zero-order valence-electron chi connectivity index (χ0n) is 13.8. The van der Waals surface area contributed by atoms with Crippen LogP contribution in [-0.4, -0.2) is 25.8 Å². The summed E-state index contributed by atoms with van der Waals surface area (Å²) in [4.78, 5) is 16.6. The van der Waals surface area contributed by atoms with Crippen molar-refractivity contribution in [3.05, 3.63) is 69.7 Å². The van der Waals surface area contributed by atoms with E-state index in [2.05, 4.69) is 15.4 Å². The molecule has 0 saturated heterocycles. The van der Waals surface area contributed by atoms with E-state index in [1.807, 2.05) is 0 Å². The molecule has 0 aliphatic rings. The highest BCUT2D eigenvalue weighted by atomic mass is 35.6. The van der Waals surface area contributed by atoms with Gasteiger partial charge in [-0.1, -0.05) is 70.1 Å². The van der Waals surface area contributed by atoms with Crippen LogP contribution in [0.5, 0.6) is 0 Å². The number of rotatable bonds is 4. The molecule has 0 atom stereocenters. The molecule has 0 spiro atoms. The zero-order valence-corrected chi connectivity index (χ0v) is 17.6. The van der Waals surface area contributed by atoms with Crippen LogP contribution in [0.15, 0.2) is 42.5 Å². The Hall–Kier alpha value is -1.54. The lowest BCUT2D eigenvalue weighted by molar-refractivity contribution is 0.101. The van der Waals surface area contributed by atoms with Crippen molar-refractivity contribution in [2.75, 3.05) is 5.32 Å². The molecule has 2 aromatic carbocycles. The third-order valence-corrected chi connectivity index (χ3v) is 4.85. The van der Waals surface area contributed by atoms with Gasteiger partial charge < -0.3 is 10.4 Å². The van der Waals surface area contributed by atoms with Crippen LogP contribution in [0.25, 0.3) is 5.69 Å². The van der Waals surface area contributed by atoms with Crippen LogP contribution in [0.1, 0.15) is 22.0 Å². The van der Waals surface area contributed by atoms with Crippen LogP contribution in [-0.2, 0) is 10.4 Å². The van der Waals surface area contributed by atoms with E-state index in [-0.39, 0.29) is 23.3 Å². The number of amides is 1. The lowest BCUT2D eigenvalue weighted by Gasteiger charge is -2.12. The number of aliphatic hydroxyl groups is 1. The van der Waals surface area contributed by atoms with Crippen LogP contribution < -0.4 is 5.32 Å². The fraction of sp³-hybridized carbons (Fsp3) is 0.118. The molecule has 0 radical (unpaired) electrons. The van der Waals surface area contributed by atoms with Crippen molar-refractivity contribution in [3.8, 4) is 5.69 Å². The molecule has 1 amide bonds. The molecule has 0 aliphatic heterocycles. The largest absolute Gasteiger partial charge is 0.392 e. The summed E-state index contributed by atoms with van der Waals surface area (Å²) < 4.78 is -0.737. The fourth-order valence-corrected chi connectivity index (χ4v) is 2.93. The molecule has 0 fully saturated rings. The molecular formula is C17H11Cl5N4O2. The Bertz CT molecular complexity index is 1020. The molecule has 146 valence electrons. The Kier molecular flexibility index (Phi) is 6.39. The van der Waals surface area contributed by atoms with Crippen LogP contribution in [0.2, 0.25) is 10.0 Å². The number of benzene rings is 2. The number of aromatic nitrogens is 3. The van der Waals surface area contributed by atoms with E-state index in [1.165, 1.54) is 10.7 Å². The number of hydrogen-bond acceptors (Lipinski definition) is 4. The Balaban J connectivity index is 1.96. The van der Waals surface area contributed by atoms with Crippen molar-refractivity contribution in [2.24, 2.45) is 0 Å². The number of halogens is 5. The summed E-state index contributed by atoms with van der Waals surface area (Å²) in [7, 11) is 0. The van der Waals surface area contributed by atoms with E-state index in [4.69, 9.17) is 63.1 Å². The molecule has 11 heteroatoms. The van der Waals surface area contributed by atoms with Gasteiger partial charge >= 0.3 is 0 Å². The van der Waals surface area contributed by atoms with Gasteiger partial charge in [0.1, 0.15) is 0 Å².